The molecule has 1 aromatic heterocycles. The molecule has 0 radical (unpaired) electrons. The van der Waals surface area contributed by atoms with Gasteiger partial charge in [-0.25, -0.2) is 4.98 Å². The van der Waals surface area contributed by atoms with E-state index in [1.54, 1.807) is 0 Å². The van der Waals surface area contributed by atoms with Crippen LogP contribution in [-0.4, -0.2) is 29.1 Å². The van der Waals surface area contributed by atoms with Crippen LogP contribution in [0, 0.1) is 0 Å². The summed E-state index contributed by atoms with van der Waals surface area (Å²) in [5.41, 5.74) is 1.04. The van der Waals surface area contributed by atoms with Gasteiger partial charge in [0, 0.05) is 25.3 Å². The third kappa shape index (κ3) is 3.40. The van der Waals surface area contributed by atoms with Gasteiger partial charge in [-0.2, -0.15) is 0 Å². The molecule has 17 heavy (non-hydrogen) atoms. The minimum atomic E-state index is 0.702. The summed E-state index contributed by atoms with van der Waals surface area (Å²) in [4.78, 5) is 11.3. The molecule has 4 nitrogen and oxygen atoms in total. The zero-order chi connectivity index (χ0) is 12.1. The Balaban J connectivity index is 1.99. The first-order valence-corrected chi connectivity index (χ1v) is 6.63. The molecule has 0 aliphatic heterocycles. The van der Waals surface area contributed by atoms with E-state index in [0.717, 1.165) is 37.6 Å². The molecule has 0 saturated heterocycles. The number of anilines is 1. The predicted molar refractivity (Wildman–Crippen MR) is 70.1 cm³/mol. The second-order valence-electron chi connectivity index (χ2n) is 4.56. The summed E-state index contributed by atoms with van der Waals surface area (Å²) < 4.78 is 0. The fourth-order valence-electron chi connectivity index (χ4n) is 2.01. The van der Waals surface area contributed by atoms with Crippen molar-refractivity contribution >= 4 is 5.82 Å². The molecule has 0 spiro atoms. The summed E-state index contributed by atoms with van der Waals surface area (Å²) in [6.45, 7) is 7.22. The minimum Gasteiger partial charge on any atom is -0.353 e. The average Bonchev–Trinajstić information content (AvgIpc) is 3.16. The highest BCUT2D eigenvalue weighted by Crippen LogP contribution is 2.29. The van der Waals surface area contributed by atoms with Crippen molar-refractivity contribution in [3.05, 3.63) is 18.1 Å². The first kappa shape index (κ1) is 12.3. The summed E-state index contributed by atoms with van der Waals surface area (Å²) in [6.07, 6.45) is 7.48. The van der Waals surface area contributed by atoms with Crippen molar-refractivity contribution in [3.63, 3.8) is 0 Å². The maximum atomic E-state index is 4.68. The maximum Gasteiger partial charge on any atom is 0.147 e. The molecule has 4 heteroatoms. The lowest BCUT2D eigenvalue weighted by atomic mass is 10.4. The van der Waals surface area contributed by atoms with E-state index in [-0.39, 0.29) is 0 Å². The quantitative estimate of drug-likeness (QED) is 0.732. The highest BCUT2D eigenvalue weighted by Gasteiger charge is 2.28. The van der Waals surface area contributed by atoms with Gasteiger partial charge in [-0.15, -0.1) is 0 Å². The number of rotatable bonds is 7. The lowest BCUT2D eigenvalue weighted by Gasteiger charge is -2.21. The molecule has 2 rings (SSSR count). The molecule has 94 valence electrons. The zero-order valence-corrected chi connectivity index (χ0v) is 10.8. The van der Waals surface area contributed by atoms with E-state index in [9.17, 15) is 0 Å². The number of nitrogens with zero attached hydrogens (tertiary/aromatic N) is 3. The van der Waals surface area contributed by atoms with Gasteiger partial charge in [0.25, 0.3) is 0 Å². The van der Waals surface area contributed by atoms with Crippen LogP contribution in [0.5, 0.6) is 0 Å². The molecule has 1 aliphatic carbocycles. The van der Waals surface area contributed by atoms with Crippen molar-refractivity contribution in [2.75, 3.05) is 18.0 Å². The Bertz CT molecular complexity index is 349. The lowest BCUT2D eigenvalue weighted by Crippen LogP contribution is -2.27. The van der Waals surface area contributed by atoms with Gasteiger partial charge in [-0.1, -0.05) is 6.92 Å². The molecule has 1 N–H and O–H groups in total. The Hall–Kier alpha value is -1.16. The van der Waals surface area contributed by atoms with Crippen LogP contribution in [0.25, 0.3) is 0 Å². The van der Waals surface area contributed by atoms with Crippen molar-refractivity contribution in [3.8, 4) is 0 Å². The van der Waals surface area contributed by atoms with Gasteiger partial charge in [0.1, 0.15) is 5.82 Å². The van der Waals surface area contributed by atoms with E-state index in [4.69, 9.17) is 0 Å². The second-order valence-corrected chi connectivity index (χ2v) is 4.56. The normalized spacial score (nSPS) is 14.9. The maximum absolute atomic E-state index is 4.68. The molecule has 1 fully saturated rings. The average molecular weight is 234 g/mol. The van der Waals surface area contributed by atoms with Crippen molar-refractivity contribution in [1.82, 2.24) is 15.3 Å². The van der Waals surface area contributed by atoms with Crippen LogP contribution >= 0.6 is 0 Å². The van der Waals surface area contributed by atoms with Crippen molar-refractivity contribution < 1.29 is 0 Å². The summed E-state index contributed by atoms with van der Waals surface area (Å²) in [5, 5.41) is 3.36. The van der Waals surface area contributed by atoms with Crippen molar-refractivity contribution in [1.29, 1.82) is 0 Å². The van der Waals surface area contributed by atoms with Gasteiger partial charge in [0.2, 0.25) is 0 Å². The molecule has 0 unspecified atom stereocenters. The number of aromatic nitrogens is 2. The Kier molecular flexibility index (Phi) is 4.31. The van der Waals surface area contributed by atoms with E-state index < -0.39 is 0 Å². The van der Waals surface area contributed by atoms with E-state index in [2.05, 4.69) is 34.0 Å². The fourth-order valence-corrected chi connectivity index (χ4v) is 2.01. The van der Waals surface area contributed by atoms with Crippen molar-refractivity contribution in [2.24, 2.45) is 0 Å². The number of hydrogen-bond acceptors (Lipinski definition) is 4. The van der Waals surface area contributed by atoms with Gasteiger partial charge in [0.05, 0.1) is 11.9 Å². The molecular weight excluding hydrogens is 212 g/mol. The monoisotopic (exact) mass is 234 g/mol. The zero-order valence-electron chi connectivity index (χ0n) is 10.8. The molecule has 0 atom stereocenters. The first-order chi connectivity index (χ1) is 8.35. The lowest BCUT2D eigenvalue weighted by molar-refractivity contribution is 0.659. The van der Waals surface area contributed by atoms with E-state index in [1.807, 2.05) is 12.4 Å². The van der Waals surface area contributed by atoms with Crippen LogP contribution < -0.4 is 10.2 Å². The Morgan fingerprint density at radius 1 is 1.35 bits per heavy atom. The minimum absolute atomic E-state index is 0.702. The van der Waals surface area contributed by atoms with Gasteiger partial charge < -0.3 is 10.2 Å². The SMILES string of the molecule is CCCNCc1cncc(N(CC)C2CC2)n1. The summed E-state index contributed by atoms with van der Waals surface area (Å²) in [5.74, 6) is 1.03. The van der Waals surface area contributed by atoms with E-state index >= 15 is 0 Å². The second kappa shape index (κ2) is 5.96. The number of nitrogens with one attached hydrogen (secondary N) is 1. The van der Waals surface area contributed by atoms with Gasteiger partial charge in [-0.05, 0) is 32.7 Å². The van der Waals surface area contributed by atoms with Gasteiger partial charge in [0.15, 0.2) is 0 Å². The Labute approximate surface area is 103 Å². The van der Waals surface area contributed by atoms with Crippen LogP contribution in [0.4, 0.5) is 5.82 Å². The van der Waals surface area contributed by atoms with Crippen LogP contribution in [-0.2, 0) is 6.54 Å². The van der Waals surface area contributed by atoms with Gasteiger partial charge >= 0.3 is 0 Å². The van der Waals surface area contributed by atoms with E-state index in [1.165, 1.54) is 12.8 Å². The highest BCUT2D eigenvalue weighted by atomic mass is 15.2. The molecular formula is C13H22N4. The molecule has 0 aromatic carbocycles. The predicted octanol–water partition coefficient (Wildman–Crippen LogP) is 1.96. The molecule has 0 bridgehead atoms. The summed E-state index contributed by atoms with van der Waals surface area (Å²) >= 11 is 0. The summed E-state index contributed by atoms with van der Waals surface area (Å²) in [6, 6.07) is 0.702. The third-order valence-corrected chi connectivity index (χ3v) is 3.03. The first-order valence-electron chi connectivity index (χ1n) is 6.63. The molecule has 1 aromatic rings. The van der Waals surface area contributed by atoms with E-state index in [0.29, 0.717) is 6.04 Å². The topological polar surface area (TPSA) is 41.1 Å². The standard InChI is InChI=1S/C13H22N4/c1-3-7-14-8-11-9-15-10-13(16-11)17(4-2)12-5-6-12/h9-10,12,14H,3-8H2,1-2H3. The van der Waals surface area contributed by atoms with Crippen LogP contribution in [0.2, 0.25) is 0 Å². The largest absolute Gasteiger partial charge is 0.353 e. The van der Waals surface area contributed by atoms with Crippen molar-refractivity contribution in [2.45, 2.75) is 45.7 Å². The third-order valence-electron chi connectivity index (χ3n) is 3.03. The smallest absolute Gasteiger partial charge is 0.147 e. The molecule has 1 aliphatic rings. The Morgan fingerprint density at radius 3 is 2.82 bits per heavy atom. The van der Waals surface area contributed by atoms with Crippen LogP contribution in [0.15, 0.2) is 12.4 Å². The highest BCUT2D eigenvalue weighted by molar-refractivity contribution is 5.39. The van der Waals surface area contributed by atoms with Gasteiger partial charge in [-0.3, -0.25) is 4.98 Å². The molecule has 1 heterocycles. The fraction of sp³-hybridized carbons (Fsp3) is 0.692. The molecule has 1 saturated carbocycles. The Morgan fingerprint density at radius 2 is 2.18 bits per heavy atom. The van der Waals surface area contributed by atoms with Crippen LogP contribution in [0.1, 0.15) is 38.8 Å². The van der Waals surface area contributed by atoms with Crippen LogP contribution in [0.3, 0.4) is 0 Å². The summed E-state index contributed by atoms with van der Waals surface area (Å²) in [7, 11) is 0. The molecule has 0 amide bonds. The number of hydrogen-bond donors (Lipinski definition) is 1.